The fraction of sp³-hybridized carbons (Fsp3) is 0.381. The van der Waals surface area contributed by atoms with E-state index in [2.05, 4.69) is 15.6 Å². The Labute approximate surface area is 318 Å². The highest BCUT2D eigenvalue weighted by molar-refractivity contribution is 6.03. The van der Waals surface area contributed by atoms with Gasteiger partial charge in [0.25, 0.3) is 0 Å². The van der Waals surface area contributed by atoms with Crippen molar-refractivity contribution < 1.29 is 33.4 Å². The average molecular weight is 745 g/mol. The molecule has 4 aliphatic rings. The minimum Gasteiger partial charge on any atom is -0.453 e. The van der Waals surface area contributed by atoms with Crippen LogP contribution in [0.1, 0.15) is 67.0 Å². The number of benzene rings is 3. The van der Waals surface area contributed by atoms with Gasteiger partial charge in [0.15, 0.2) is 5.78 Å². The molecule has 3 N–H and O–H groups in total. The predicted octanol–water partition coefficient (Wildman–Crippen LogP) is 5.60. The maximum atomic E-state index is 13.9. The smallest absolute Gasteiger partial charge is 0.410 e. The second kappa shape index (κ2) is 14.0. The lowest BCUT2D eigenvalue weighted by atomic mass is 10.0. The van der Waals surface area contributed by atoms with Crippen LogP contribution in [0.25, 0.3) is 22.4 Å². The number of hydrogen-bond donors (Lipinski definition) is 3. The number of ketones is 1. The van der Waals surface area contributed by atoms with Crippen LogP contribution in [-0.2, 0) is 31.9 Å². The van der Waals surface area contributed by atoms with Crippen LogP contribution >= 0.6 is 0 Å². The molecule has 2 unspecified atom stereocenters. The molecule has 8 rings (SSSR count). The normalized spacial score (nSPS) is 22.3. The predicted molar refractivity (Wildman–Crippen MR) is 203 cm³/mol. The zero-order valence-corrected chi connectivity index (χ0v) is 31.3. The number of ether oxygens (including phenoxy) is 2. The number of aryl methyl sites for hydroxylation is 1. The summed E-state index contributed by atoms with van der Waals surface area (Å²) in [5.74, 6) is 0.322. The summed E-state index contributed by atoms with van der Waals surface area (Å²) >= 11 is 0. The maximum absolute atomic E-state index is 13.9. The third-order valence-corrected chi connectivity index (χ3v) is 11.0. The molecule has 0 spiro atoms. The fourth-order valence-electron chi connectivity index (χ4n) is 8.21. The number of imidazole rings is 1. The molecule has 1 saturated carbocycles. The third-order valence-electron chi connectivity index (χ3n) is 11.0. The Morgan fingerprint density at radius 3 is 2.35 bits per heavy atom. The molecule has 0 radical (unpaired) electrons. The van der Waals surface area contributed by atoms with Gasteiger partial charge in [0.2, 0.25) is 11.8 Å². The Morgan fingerprint density at radius 2 is 1.64 bits per heavy atom. The van der Waals surface area contributed by atoms with Crippen molar-refractivity contribution in [2.75, 3.05) is 25.1 Å². The Balaban J connectivity index is 0.907. The molecule has 3 aliphatic heterocycles. The molecule has 2 fully saturated rings. The van der Waals surface area contributed by atoms with Crippen LogP contribution in [0.4, 0.5) is 15.3 Å². The van der Waals surface area contributed by atoms with Crippen molar-refractivity contribution in [3.63, 3.8) is 0 Å². The highest BCUT2D eigenvalue weighted by Gasteiger charge is 2.57. The number of carbonyl (C=O) groups is 5. The first-order valence-electron chi connectivity index (χ1n) is 18.7. The molecule has 1 aliphatic carbocycles. The van der Waals surface area contributed by atoms with Crippen LogP contribution in [0, 0.1) is 11.8 Å². The SMILES string of the molecule is COC(=O)N[C@H]1CCc2cccc3c2N(C1=O)[C@H](c1ncc(-c2ccc(-c4ccc(C(=O)CNC(=O)[C@@H]5C6CC6CN5C(=O)OC(C)(C)C)cc4)cc2)[nH]1)C3. The van der Waals surface area contributed by atoms with Crippen molar-refractivity contribution >= 4 is 35.5 Å². The molecule has 1 aromatic heterocycles. The van der Waals surface area contributed by atoms with Crippen molar-refractivity contribution in [1.29, 1.82) is 0 Å². The summed E-state index contributed by atoms with van der Waals surface area (Å²) in [6, 6.07) is 19.6. The number of nitrogens with one attached hydrogen (secondary N) is 3. The molecule has 13 nitrogen and oxygen atoms in total. The van der Waals surface area contributed by atoms with Crippen molar-refractivity contribution in [3.05, 3.63) is 95.4 Å². The van der Waals surface area contributed by atoms with Gasteiger partial charge in [-0.3, -0.25) is 24.2 Å². The zero-order chi connectivity index (χ0) is 38.6. The van der Waals surface area contributed by atoms with Gasteiger partial charge in [-0.15, -0.1) is 0 Å². The van der Waals surface area contributed by atoms with Gasteiger partial charge in [0, 0.05) is 18.5 Å². The van der Waals surface area contributed by atoms with Gasteiger partial charge in [-0.2, -0.15) is 0 Å². The molecule has 1 saturated heterocycles. The van der Waals surface area contributed by atoms with Gasteiger partial charge in [-0.05, 0) is 79.7 Å². The largest absolute Gasteiger partial charge is 0.453 e. The first kappa shape index (κ1) is 36.0. The Hall–Kier alpha value is -5.98. The number of rotatable bonds is 8. The number of alkyl carbamates (subject to hydrolysis) is 1. The molecule has 4 aromatic rings. The van der Waals surface area contributed by atoms with Gasteiger partial charge >= 0.3 is 12.2 Å². The number of nitrogens with zero attached hydrogens (tertiary/aromatic N) is 3. The number of anilines is 1. The molecular weight excluding hydrogens is 700 g/mol. The second-order valence-corrected chi connectivity index (χ2v) is 15.8. The summed E-state index contributed by atoms with van der Waals surface area (Å²) in [5, 5.41) is 5.47. The van der Waals surface area contributed by atoms with E-state index in [1.807, 2.05) is 54.6 Å². The van der Waals surface area contributed by atoms with E-state index in [9.17, 15) is 24.0 Å². The Kier molecular flexibility index (Phi) is 9.18. The van der Waals surface area contributed by atoms with Crippen LogP contribution < -0.4 is 15.5 Å². The summed E-state index contributed by atoms with van der Waals surface area (Å²) in [6.07, 6.45) is 3.25. The van der Waals surface area contributed by atoms with Crippen LogP contribution in [-0.4, -0.2) is 82.5 Å². The number of Topliss-reactive ketones (excluding diaryl/α,β-unsaturated/α-hetero) is 1. The highest BCUT2D eigenvalue weighted by Crippen LogP contribution is 2.50. The number of aromatic amines is 1. The number of para-hydroxylation sites is 1. The maximum Gasteiger partial charge on any atom is 0.410 e. The number of aromatic nitrogens is 2. The second-order valence-electron chi connectivity index (χ2n) is 15.8. The van der Waals surface area contributed by atoms with Crippen LogP contribution in [0.15, 0.2) is 72.9 Å². The number of carbonyl (C=O) groups excluding carboxylic acids is 5. The average Bonchev–Trinajstić information content (AvgIpc) is 3.47. The fourth-order valence-corrected chi connectivity index (χ4v) is 8.21. The third kappa shape index (κ3) is 7.06. The van der Waals surface area contributed by atoms with Gasteiger partial charge < -0.3 is 25.1 Å². The minimum absolute atomic E-state index is 0.105. The molecule has 284 valence electrons. The molecule has 3 aromatic carbocycles. The van der Waals surface area contributed by atoms with E-state index in [-0.39, 0.29) is 36.1 Å². The first-order chi connectivity index (χ1) is 26.4. The monoisotopic (exact) mass is 744 g/mol. The number of fused-ring (bicyclic) bond motifs is 1. The highest BCUT2D eigenvalue weighted by atomic mass is 16.6. The molecule has 13 heteroatoms. The summed E-state index contributed by atoms with van der Waals surface area (Å²) in [6.45, 7) is 5.71. The zero-order valence-electron chi connectivity index (χ0n) is 31.3. The van der Waals surface area contributed by atoms with Crippen molar-refractivity contribution in [2.24, 2.45) is 11.8 Å². The number of H-pyrrole nitrogens is 1. The summed E-state index contributed by atoms with van der Waals surface area (Å²) in [4.78, 5) is 76.3. The summed E-state index contributed by atoms with van der Waals surface area (Å²) in [5.41, 5.74) is 6.44. The molecule has 5 atom stereocenters. The lowest BCUT2D eigenvalue weighted by Gasteiger charge is -2.29. The van der Waals surface area contributed by atoms with E-state index in [1.165, 1.54) is 12.0 Å². The van der Waals surface area contributed by atoms with Crippen molar-refractivity contribution in [1.82, 2.24) is 25.5 Å². The van der Waals surface area contributed by atoms with Gasteiger partial charge in [0.1, 0.15) is 23.5 Å². The van der Waals surface area contributed by atoms with E-state index in [4.69, 9.17) is 14.5 Å². The molecular formula is C42H44N6O7. The van der Waals surface area contributed by atoms with Gasteiger partial charge in [-0.1, -0.05) is 66.7 Å². The van der Waals surface area contributed by atoms with Crippen LogP contribution in [0.5, 0.6) is 0 Å². The van der Waals surface area contributed by atoms with E-state index in [0.717, 1.165) is 45.6 Å². The Bertz CT molecular complexity index is 2170. The number of likely N-dealkylation sites (tertiary alicyclic amines) is 1. The van der Waals surface area contributed by atoms with E-state index < -0.39 is 29.9 Å². The molecule has 55 heavy (non-hydrogen) atoms. The number of amides is 4. The standard InChI is InChI=1S/C42H44N6O7/c1-42(2,3)55-41(53)47-22-29-18-30(29)36(47)38(50)44-21-34(49)26-14-10-24(11-15-26)23-8-12-25(13-9-23)32-20-43-37(45-32)33-19-28-7-5-6-27-16-17-31(46-40(52)54-4)39(51)48(33)35(27)28/h5-15,20,29-31,33,36H,16-19,21-22H2,1-4H3,(H,43,45)(H,44,50)(H,46,52)/t29?,30?,31-,33-,36-/m0/s1. The van der Waals surface area contributed by atoms with E-state index in [1.54, 1.807) is 44.0 Å². The summed E-state index contributed by atoms with van der Waals surface area (Å²) in [7, 11) is 1.28. The lowest BCUT2D eigenvalue weighted by molar-refractivity contribution is -0.126. The lowest BCUT2D eigenvalue weighted by Crippen LogP contribution is -2.50. The summed E-state index contributed by atoms with van der Waals surface area (Å²) < 4.78 is 10.3. The number of hydrogen-bond acceptors (Lipinski definition) is 8. The van der Waals surface area contributed by atoms with E-state index in [0.29, 0.717) is 43.1 Å². The number of methoxy groups -OCH3 is 1. The van der Waals surface area contributed by atoms with Crippen LogP contribution in [0.2, 0.25) is 0 Å². The van der Waals surface area contributed by atoms with Gasteiger partial charge in [-0.25, -0.2) is 14.6 Å². The molecule has 0 bridgehead atoms. The van der Waals surface area contributed by atoms with Crippen molar-refractivity contribution in [2.45, 2.75) is 70.2 Å². The quantitative estimate of drug-likeness (QED) is 0.197. The minimum atomic E-state index is -0.714. The van der Waals surface area contributed by atoms with Crippen molar-refractivity contribution in [3.8, 4) is 22.4 Å². The van der Waals surface area contributed by atoms with E-state index >= 15 is 0 Å². The molecule has 4 heterocycles. The molecule has 4 amide bonds. The van der Waals surface area contributed by atoms with Gasteiger partial charge in [0.05, 0.1) is 37.3 Å². The Morgan fingerprint density at radius 1 is 0.945 bits per heavy atom. The first-order valence-corrected chi connectivity index (χ1v) is 18.7. The number of piperidine rings is 1. The topological polar surface area (TPSA) is 163 Å². The van der Waals surface area contributed by atoms with Crippen LogP contribution in [0.3, 0.4) is 0 Å².